The molecule has 3 N–H and O–H groups in total. The van der Waals surface area contributed by atoms with E-state index in [1.54, 1.807) is 27.0 Å². The van der Waals surface area contributed by atoms with Gasteiger partial charge in [-0.3, -0.25) is 10.1 Å². The first-order chi connectivity index (χ1) is 8.38. The molecule has 0 saturated carbocycles. The zero-order valence-corrected chi connectivity index (χ0v) is 10.7. The summed E-state index contributed by atoms with van der Waals surface area (Å²) < 4.78 is 0. The summed E-state index contributed by atoms with van der Waals surface area (Å²) >= 11 is 0. The van der Waals surface area contributed by atoms with Crippen molar-refractivity contribution < 1.29 is 15.1 Å². The van der Waals surface area contributed by atoms with Crippen LogP contribution in [0.4, 0.5) is 5.69 Å². The summed E-state index contributed by atoms with van der Waals surface area (Å²) in [6.45, 7) is 3.61. The molecule has 0 aliphatic heterocycles. The normalized spacial score (nSPS) is 14.3. The average Bonchev–Trinajstić information content (AvgIpc) is 2.28. The second kappa shape index (κ2) is 5.90. The third-order valence-corrected chi connectivity index (χ3v) is 2.88. The number of hydrogen-bond acceptors (Lipinski definition) is 5. The number of benzene rings is 1. The lowest BCUT2D eigenvalue weighted by molar-refractivity contribution is -0.385. The van der Waals surface area contributed by atoms with Crippen LogP contribution in [0.1, 0.15) is 22.8 Å². The van der Waals surface area contributed by atoms with E-state index < -0.39 is 17.1 Å². The minimum atomic E-state index is -1.14. The van der Waals surface area contributed by atoms with E-state index in [9.17, 15) is 20.3 Å². The van der Waals surface area contributed by atoms with Gasteiger partial charge in [0.1, 0.15) is 6.10 Å². The van der Waals surface area contributed by atoms with Gasteiger partial charge in [0, 0.05) is 18.2 Å². The first-order valence-corrected chi connectivity index (χ1v) is 5.64. The molecule has 0 heterocycles. The zero-order valence-electron chi connectivity index (χ0n) is 10.7. The molecular formula is C12H18N2O4. The number of aryl methyl sites for hydroxylation is 2. The Morgan fingerprint density at radius 1 is 1.33 bits per heavy atom. The highest BCUT2D eigenvalue weighted by Crippen LogP contribution is 2.28. The molecule has 18 heavy (non-hydrogen) atoms. The van der Waals surface area contributed by atoms with Gasteiger partial charge >= 0.3 is 0 Å². The third-order valence-electron chi connectivity index (χ3n) is 2.88. The number of hydrogen-bond donors (Lipinski definition) is 3. The quantitative estimate of drug-likeness (QED) is 0.534. The summed E-state index contributed by atoms with van der Waals surface area (Å²) in [6.07, 6.45) is -2.15. The van der Waals surface area contributed by atoms with Crippen molar-refractivity contribution >= 4 is 5.69 Å². The number of aliphatic hydroxyl groups excluding tert-OH is 2. The van der Waals surface area contributed by atoms with E-state index >= 15 is 0 Å². The lowest BCUT2D eigenvalue weighted by atomic mass is 9.96. The van der Waals surface area contributed by atoms with Crippen molar-refractivity contribution in [2.45, 2.75) is 26.1 Å². The van der Waals surface area contributed by atoms with Crippen molar-refractivity contribution in [3.8, 4) is 0 Å². The Morgan fingerprint density at radius 3 is 2.44 bits per heavy atom. The van der Waals surface area contributed by atoms with E-state index in [1.807, 2.05) is 0 Å². The van der Waals surface area contributed by atoms with Gasteiger partial charge in [0.25, 0.3) is 5.69 Å². The molecule has 100 valence electrons. The highest BCUT2D eigenvalue weighted by molar-refractivity contribution is 5.47. The summed E-state index contributed by atoms with van der Waals surface area (Å²) in [6, 6.07) is 2.97. The number of likely N-dealkylation sites (N-methyl/N-ethyl adjacent to an activating group) is 1. The molecule has 1 aromatic rings. The molecule has 6 heteroatoms. The van der Waals surface area contributed by atoms with Gasteiger partial charge < -0.3 is 15.5 Å². The van der Waals surface area contributed by atoms with Crippen molar-refractivity contribution in [3.63, 3.8) is 0 Å². The molecule has 0 spiro atoms. The van der Waals surface area contributed by atoms with Crippen LogP contribution in [0.5, 0.6) is 0 Å². The Labute approximate surface area is 105 Å². The summed E-state index contributed by atoms with van der Waals surface area (Å²) in [4.78, 5) is 10.4. The minimum Gasteiger partial charge on any atom is -0.389 e. The van der Waals surface area contributed by atoms with E-state index in [-0.39, 0.29) is 12.2 Å². The van der Waals surface area contributed by atoms with E-state index in [0.717, 1.165) is 5.56 Å². The molecular weight excluding hydrogens is 236 g/mol. The second-order valence-corrected chi connectivity index (χ2v) is 4.32. The third kappa shape index (κ3) is 3.04. The highest BCUT2D eigenvalue weighted by atomic mass is 16.6. The van der Waals surface area contributed by atoms with Crippen LogP contribution in [-0.4, -0.2) is 34.8 Å². The van der Waals surface area contributed by atoms with E-state index in [2.05, 4.69) is 5.32 Å². The summed E-state index contributed by atoms with van der Waals surface area (Å²) in [7, 11) is 1.65. The lowest BCUT2D eigenvalue weighted by Gasteiger charge is -2.19. The van der Waals surface area contributed by atoms with Crippen LogP contribution in [0.25, 0.3) is 0 Å². The number of nitro groups is 1. The average molecular weight is 254 g/mol. The van der Waals surface area contributed by atoms with Crippen LogP contribution >= 0.6 is 0 Å². The molecule has 0 aromatic heterocycles. The molecule has 0 saturated heterocycles. The van der Waals surface area contributed by atoms with Gasteiger partial charge in [0.2, 0.25) is 0 Å². The molecule has 0 aliphatic carbocycles. The first-order valence-electron chi connectivity index (χ1n) is 5.64. The molecule has 2 atom stereocenters. The molecule has 0 bridgehead atoms. The van der Waals surface area contributed by atoms with E-state index in [4.69, 9.17) is 0 Å². The Balaban J connectivity index is 3.15. The smallest absolute Gasteiger partial charge is 0.272 e. The number of aliphatic hydroxyl groups is 2. The maximum atomic E-state index is 10.9. The predicted molar refractivity (Wildman–Crippen MR) is 67.5 cm³/mol. The van der Waals surface area contributed by atoms with Gasteiger partial charge in [-0.05, 0) is 38.1 Å². The molecule has 1 aromatic carbocycles. The van der Waals surface area contributed by atoms with Crippen molar-refractivity contribution in [2.75, 3.05) is 13.6 Å². The monoisotopic (exact) mass is 254 g/mol. The number of nitro benzene ring substituents is 1. The number of nitrogens with one attached hydrogen (secondary N) is 1. The molecule has 0 fully saturated rings. The van der Waals surface area contributed by atoms with Crippen LogP contribution < -0.4 is 5.32 Å². The molecule has 0 aliphatic rings. The maximum Gasteiger partial charge on any atom is 0.272 e. The second-order valence-electron chi connectivity index (χ2n) is 4.32. The van der Waals surface area contributed by atoms with Gasteiger partial charge in [-0.1, -0.05) is 0 Å². The SMILES string of the molecule is CNCC(O)C(O)c1cc([N+](=O)[O-])c(C)cc1C. The van der Waals surface area contributed by atoms with Crippen LogP contribution in [0, 0.1) is 24.0 Å². The van der Waals surface area contributed by atoms with Gasteiger partial charge in [0.05, 0.1) is 11.0 Å². The van der Waals surface area contributed by atoms with Crippen molar-refractivity contribution in [3.05, 3.63) is 38.9 Å². The van der Waals surface area contributed by atoms with Crippen LogP contribution in [0.2, 0.25) is 0 Å². The topological polar surface area (TPSA) is 95.6 Å². The van der Waals surface area contributed by atoms with Gasteiger partial charge in [-0.2, -0.15) is 0 Å². The molecule has 1 rings (SSSR count). The Hall–Kier alpha value is -1.50. The largest absolute Gasteiger partial charge is 0.389 e. The van der Waals surface area contributed by atoms with E-state index in [0.29, 0.717) is 11.1 Å². The Bertz CT molecular complexity index is 448. The molecule has 2 unspecified atom stereocenters. The number of nitrogens with zero attached hydrogens (tertiary/aromatic N) is 1. The van der Waals surface area contributed by atoms with Gasteiger partial charge in [0.15, 0.2) is 0 Å². The fourth-order valence-electron chi connectivity index (χ4n) is 1.90. The highest BCUT2D eigenvalue weighted by Gasteiger charge is 2.23. The van der Waals surface area contributed by atoms with Crippen molar-refractivity contribution in [2.24, 2.45) is 0 Å². The molecule has 6 nitrogen and oxygen atoms in total. The fraction of sp³-hybridized carbons (Fsp3) is 0.500. The Kier molecular flexibility index (Phi) is 4.77. The number of rotatable bonds is 5. The standard InChI is InChI=1S/C12H18N2O4/c1-7-4-8(2)10(14(17)18)5-9(7)12(16)11(15)6-13-3/h4-5,11-13,15-16H,6H2,1-3H3. The predicted octanol–water partition coefficient (Wildman–Crippen LogP) is 0.825. The first kappa shape index (κ1) is 14.6. The van der Waals surface area contributed by atoms with Crippen LogP contribution in [0.3, 0.4) is 0 Å². The van der Waals surface area contributed by atoms with Crippen LogP contribution in [-0.2, 0) is 0 Å². The van der Waals surface area contributed by atoms with Crippen molar-refractivity contribution in [1.82, 2.24) is 5.32 Å². The van der Waals surface area contributed by atoms with Gasteiger partial charge in [-0.15, -0.1) is 0 Å². The molecule has 0 amide bonds. The van der Waals surface area contributed by atoms with E-state index in [1.165, 1.54) is 6.07 Å². The fourth-order valence-corrected chi connectivity index (χ4v) is 1.90. The summed E-state index contributed by atoms with van der Waals surface area (Å²) in [5, 5.41) is 33.3. The zero-order chi connectivity index (χ0) is 13.9. The summed E-state index contributed by atoms with van der Waals surface area (Å²) in [5.41, 5.74) is 1.60. The van der Waals surface area contributed by atoms with Crippen LogP contribution in [0.15, 0.2) is 12.1 Å². The summed E-state index contributed by atoms with van der Waals surface area (Å²) in [5.74, 6) is 0. The maximum absolute atomic E-state index is 10.9. The van der Waals surface area contributed by atoms with Gasteiger partial charge in [-0.25, -0.2) is 0 Å². The minimum absolute atomic E-state index is 0.0497. The Morgan fingerprint density at radius 2 is 1.94 bits per heavy atom. The lowest BCUT2D eigenvalue weighted by Crippen LogP contribution is -2.30. The molecule has 0 radical (unpaired) electrons. The van der Waals surface area contributed by atoms with Crippen molar-refractivity contribution in [1.29, 1.82) is 0 Å².